The molecule has 3 atom stereocenters. The molecule has 2 fully saturated rings. The molecule has 3 nitrogen and oxygen atoms in total. The van der Waals surface area contributed by atoms with Gasteiger partial charge < -0.3 is 15.4 Å². The Balaban J connectivity index is 1.84. The normalized spacial score (nSPS) is 35.6. The average molecular weight is 230 g/mol. The lowest BCUT2D eigenvalue weighted by atomic mass is 9.86. The second-order valence-electron chi connectivity index (χ2n) is 5.21. The molecular weight excluding hydrogens is 207 g/mol. The van der Waals surface area contributed by atoms with Crippen LogP contribution in [0.2, 0.25) is 0 Å². The van der Waals surface area contributed by atoms with Crippen LogP contribution in [0.4, 0.5) is 4.39 Å². The summed E-state index contributed by atoms with van der Waals surface area (Å²) in [5, 5.41) is 6.63. The summed E-state index contributed by atoms with van der Waals surface area (Å²) in [4.78, 5) is 0. The fraction of sp³-hybridized carbons (Fsp3) is 1.00. The maximum absolute atomic E-state index is 14.6. The second kappa shape index (κ2) is 5.43. The van der Waals surface area contributed by atoms with Gasteiger partial charge in [0.15, 0.2) is 0 Å². The standard InChI is InChI=1S/C12H23FN2O/c1-12(13,11-4-2-3-5-15-11)8-10-9-16-7-6-14-10/h10-11,14-15H,2-9H2,1H3. The molecule has 0 aromatic carbocycles. The molecule has 2 rings (SSSR count). The van der Waals surface area contributed by atoms with Crippen molar-refractivity contribution in [2.45, 2.75) is 50.4 Å². The van der Waals surface area contributed by atoms with Gasteiger partial charge in [0.2, 0.25) is 0 Å². The number of hydrogen-bond donors (Lipinski definition) is 2. The van der Waals surface area contributed by atoms with Crippen LogP contribution in [0, 0.1) is 0 Å². The van der Waals surface area contributed by atoms with Crippen LogP contribution < -0.4 is 10.6 Å². The van der Waals surface area contributed by atoms with E-state index in [9.17, 15) is 4.39 Å². The SMILES string of the molecule is CC(F)(CC1COCCN1)C1CCCCN1. The quantitative estimate of drug-likeness (QED) is 0.765. The second-order valence-corrected chi connectivity index (χ2v) is 5.21. The Hall–Kier alpha value is -0.190. The average Bonchev–Trinajstić information content (AvgIpc) is 2.31. The Labute approximate surface area is 97.1 Å². The summed E-state index contributed by atoms with van der Waals surface area (Å²) in [6.45, 7) is 4.93. The van der Waals surface area contributed by atoms with Gasteiger partial charge >= 0.3 is 0 Å². The summed E-state index contributed by atoms with van der Waals surface area (Å²) in [5.74, 6) is 0. The van der Waals surface area contributed by atoms with Crippen molar-refractivity contribution >= 4 is 0 Å². The van der Waals surface area contributed by atoms with E-state index in [4.69, 9.17) is 4.74 Å². The highest BCUT2D eigenvalue weighted by molar-refractivity contribution is 4.93. The minimum absolute atomic E-state index is 0.0185. The molecule has 0 saturated carbocycles. The molecule has 4 heteroatoms. The van der Waals surface area contributed by atoms with Crippen molar-refractivity contribution in [3.05, 3.63) is 0 Å². The highest BCUT2D eigenvalue weighted by Gasteiger charge is 2.37. The zero-order chi connectivity index (χ0) is 11.4. The van der Waals surface area contributed by atoms with Gasteiger partial charge in [-0.15, -0.1) is 0 Å². The minimum atomic E-state index is -1.13. The van der Waals surface area contributed by atoms with Crippen molar-refractivity contribution in [2.75, 3.05) is 26.3 Å². The molecule has 2 saturated heterocycles. The molecule has 94 valence electrons. The Morgan fingerprint density at radius 3 is 2.81 bits per heavy atom. The van der Waals surface area contributed by atoms with Crippen molar-refractivity contribution in [2.24, 2.45) is 0 Å². The number of piperidine rings is 1. The Bertz CT molecular complexity index is 211. The summed E-state index contributed by atoms with van der Waals surface area (Å²) in [7, 11) is 0. The Morgan fingerprint density at radius 1 is 1.31 bits per heavy atom. The van der Waals surface area contributed by atoms with Gasteiger partial charge in [0.25, 0.3) is 0 Å². The molecule has 3 unspecified atom stereocenters. The first kappa shape index (κ1) is 12.3. The van der Waals surface area contributed by atoms with Crippen LogP contribution in [0.3, 0.4) is 0 Å². The van der Waals surface area contributed by atoms with Crippen LogP contribution in [-0.2, 0) is 4.74 Å². The molecule has 0 radical (unpaired) electrons. The maximum atomic E-state index is 14.6. The zero-order valence-corrected chi connectivity index (χ0v) is 10.1. The molecule has 0 aromatic rings. The number of halogens is 1. The summed E-state index contributed by atoms with van der Waals surface area (Å²) in [6.07, 6.45) is 3.83. The van der Waals surface area contributed by atoms with Crippen molar-refractivity contribution in [1.82, 2.24) is 10.6 Å². The van der Waals surface area contributed by atoms with Crippen molar-refractivity contribution in [3.63, 3.8) is 0 Å². The fourth-order valence-electron chi connectivity index (χ4n) is 2.74. The highest BCUT2D eigenvalue weighted by Crippen LogP contribution is 2.28. The van der Waals surface area contributed by atoms with E-state index in [1.807, 2.05) is 0 Å². The van der Waals surface area contributed by atoms with E-state index in [0.717, 1.165) is 32.5 Å². The maximum Gasteiger partial charge on any atom is 0.125 e. The predicted octanol–water partition coefficient (Wildman–Crippen LogP) is 1.24. The third-order valence-corrected chi connectivity index (χ3v) is 3.68. The molecule has 0 spiro atoms. The molecular formula is C12H23FN2O. The van der Waals surface area contributed by atoms with Gasteiger partial charge in [0.1, 0.15) is 5.67 Å². The topological polar surface area (TPSA) is 33.3 Å². The molecule has 2 heterocycles. The molecule has 0 amide bonds. The third kappa shape index (κ3) is 3.15. The molecule has 16 heavy (non-hydrogen) atoms. The van der Waals surface area contributed by atoms with Crippen LogP contribution >= 0.6 is 0 Å². The van der Waals surface area contributed by atoms with Crippen molar-refractivity contribution in [1.29, 1.82) is 0 Å². The number of rotatable bonds is 3. The van der Waals surface area contributed by atoms with Crippen LogP contribution in [0.25, 0.3) is 0 Å². The molecule has 2 N–H and O–H groups in total. The molecule has 0 bridgehead atoms. The Kier molecular flexibility index (Phi) is 4.16. The molecule has 2 aliphatic rings. The fourth-order valence-corrected chi connectivity index (χ4v) is 2.74. The molecule has 0 aromatic heterocycles. The number of nitrogens with one attached hydrogen (secondary N) is 2. The van der Waals surface area contributed by atoms with Crippen LogP contribution in [0.1, 0.15) is 32.6 Å². The van der Waals surface area contributed by atoms with Crippen molar-refractivity contribution in [3.8, 4) is 0 Å². The summed E-state index contributed by atoms with van der Waals surface area (Å²) in [6, 6.07) is 0.192. The minimum Gasteiger partial charge on any atom is -0.379 e. The first-order chi connectivity index (χ1) is 7.68. The van der Waals surface area contributed by atoms with E-state index in [-0.39, 0.29) is 12.1 Å². The van der Waals surface area contributed by atoms with Crippen molar-refractivity contribution < 1.29 is 9.13 Å². The first-order valence-corrected chi connectivity index (χ1v) is 6.42. The van der Waals surface area contributed by atoms with Crippen LogP contribution in [0.15, 0.2) is 0 Å². The van der Waals surface area contributed by atoms with Gasteiger partial charge in [-0.25, -0.2) is 4.39 Å². The van der Waals surface area contributed by atoms with E-state index in [0.29, 0.717) is 13.0 Å². The summed E-state index contributed by atoms with van der Waals surface area (Å²) < 4.78 is 20.0. The Morgan fingerprint density at radius 2 is 2.19 bits per heavy atom. The lowest BCUT2D eigenvalue weighted by Gasteiger charge is -2.37. The van der Waals surface area contributed by atoms with Gasteiger partial charge in [-0.3, -0.25) is 0 Å². The lowest BCUT2D eigenvalue weighted by Crippen LogP contribution is -2.53. The van der Waals surface area contributed by atoms with E-state index in [1.54, 1.807) is 6.92 Å². The van der Waals surface area contributed by atoms with Crippen LogP contribution in [0.5, 0.6) is 0 Å². The molecule has 0 aliphatic carbocycles. The first-order valence-electron chi connectivity index (χ1n) is 6.42. The monoisotopic (exact) mass is 230 g/mol. The van der Waals surface area contributed by atoms with Gasteiger partial charge in [-0.05, 0) is 26.3 Å². The van der Waals surface area contributed by atoms with E-state index < -0.39 is 5.67 Å². The number of morpholine rings is 1. The summed E-state index contributed by atoms with van der Waals surface area (Å²) >= 11 is 0. The van der Waals surface area contributed by atoms with Gasteiger partial charge in [0.05, 0.1) is 13.2 Å². The van der Waals surface area contributed by atoms with Gasteiger partial charge in [-0.2, -0.15) is 0 Å². The van der Waals surface area contributed by atoms with Gasteiger partial charge in [0, 0.05) is 25.0 Å². The largest absolute Gasteiger partial charge is 0.379 e. The van der Waals surface area contributed by atoms with E-state index in [1.165, 1.54) is 6.42 Å². The zero-order valence-electron chi connectivity index (χ0n) is 10.1. The summed E-state index contributed by atoms with van der Waals surface area (Å²) in [5.41, 5.74) is -1.13. The van der Waals surface area contributed by atoms with Crippen LogP contribution in [-0.4, -0.2) is 44.1 Å². The predicted molar refractivity (Wildman–Crippen MR) is 62.4 cm³/mol. The van der Waals surface area contributed by atoms with E-state index >= 15 is 0 Å². The number of ether oxygens (including phenoxy) is 1. The smallest absolute Gasteiger partial charge is 0.125 e. The highest BCUT2D eigenvalue weighted by atomic mass is 19.1. The number of alkyl halides is 1. The lowest BCUT2D eigenvalue weighted by molar-refractivity contribution is 0.0306. The van der Waals surface area contributed by atoms with Gasteiger partial charge in [-0.1, -0.05) is 6.42 Å². The van der Waals surface area contributed by atoms with E-state index in [2.05, 4.69) is 10.6 Å². The molecule has 2 aliphatic heterocycles. The number of hydrogen-bond acceptors (Lipinski definition) is 3. The third-order valence-electron chi connectivity index (χ3n) is 3.68.